The molecule has 1 fully saturated rings. The van der Waals surface area contributed by atoms with Gasteiger partial charge in [-0.25, -0.2) is 14.8 Å². The van der Waals surface area contributed by atoms with Crippen LogP contribution in [0.2, 0.25) is 0 Å². The van der Waals surface area contributed by atoms with Crippen molar-refractivity contribution in [1.29, 1.82) is 0 Å². The lowest BCUT2D eigenvalue weighted by atomic mass is 9.85. The van der Waals surface area contributed by atoms with Crippen molar-refractivity contribution in [1.82, 2.24) is 15.1 Å². The van der Waals surface area contributed by atoms with E-state index in [0.29, 0.717) is 0 Å². The summed E-state index contributed by atoms with van der Waals surface area (Å²) in [5.74, 6) is -4.13. The first-order valence-electron chi connectivity index (χ1n) is 9.24. The van der Waals surface area contributed by atoms with E-state index in [4.69, 9.17) is 16.2 Å². The van der Waals surface area contributed by atoms with Crippen molar-refractivity contribution in [3.05, 3.63) is 35.9 Å². The predicted octanol–water partition coefficient (Wildman–Crippen LogP) is -3.02. The maximum Gasteiger partial charge on any atom is 0.338 e. The van der Waals surface area contributed by atoms with E-state index in [2.05, 4.69) is 15.3 Å². The number of hydrogen-bond donors (Lipinski definition) is 5. The van der Waals surface area contributed by atoms with Gasteiger partial charge in [-0.15, -0.1) is 0 Å². The van der Waals surface area contributed by atoms with Gasteiger partial charge in [0.25, 0.3) is 0 Å². The van der Waals surface area contributed by atoms with Crippen molar-refractivity contribution in [3.8, 4) is 0 Å². The van der Waals surface area contributed by atoms with Crippen LogP contribution in [0.15, 0.2) is 40.3 Å². The van der Waals surface area contributed by atoms with Crippen LogP contribution in [0.1, 0.15) is 10.4 Å². The van der Waals surface area contributed by atoms with Crippen LogP contribution < -0.4 is 16.8 Å². The Hall–Kier alpha value is -3.38. The maximum absolute atomic E-state index is 12.7. The molecule has 4 atom stereocenters. The smallest absolute Gasteiger partial charge is 0.338 e. The number of aliphatic imine (C=N–C) groups is 2. The molecule has 1 aromatic rings. The molecule has 12 heteroatoms. The van der Waals surface area contributed by atoms with E-state index in [1.54, 1.807) is 30.3 Å². The Bertz CT molecular complexity index is 948. The number of carbonyl (C=O) groups is 2. The summed E-state index contributed by atoms with van der Waals surface area (Å²) < 4.78 is 5.42. The van der Waals surface area contributed by atoms with E-state index in [1.165, 1.54) is 23.9 Å². The summed E-state index contributed by atoms with van der Waals surface area (Å²) in [6.45, 7) is -0.198. The van der Waals surface area contributed by atoms with Gasteiger partial charge in [0.15, 0.2) is 29.7 Å². The van der Waals surface area contributed by atoms with Gasteiger partial charge in [0.2, 0.25) is 11.7 Å². The third-order valence-corrected chi connectivity index (χ3v) is 5.61. The fourth-order valence-corrected chi connectivity index (χ4v) is 4.16. The van der Waals surface area contributed by atoms with Crippen molar-refractivity contribution >= 4 is 23.8 Å². The molecule has 0 radical (unpaired) electrons. The van der Waals surface area contributed by atoms with Crippen LogP contribution in [0.3, 0.4) is 0 Å². The van der Waals surface area contributed by atoms with Crippen LogP contribution in [0.5, 0.6) is 0 Å². The molecule has 1 saturated heterocycles. The van der Waals surface area contributed by atoms with Gasteiger partial charge in [-0.2, -0.15) is 0 Å². The summed E-state index contributed by atoms with van der Waals surface area (Å²) in [6, 6.07) is 5.87. The van der Waals surface area contributed by atoms with Crippen molar-refractivity contribution in [2.45, 2.75) is 29.6 Å². The van der Waals surface area contributed by atoms with E-state index < -0.39 is 41.5 Å². The van der Waals surface area contributed by atoms with E-state index in [0.717, 1.165) is 0 Å². The average Bonchev–Trinajstić information content (AvgIpc) is 3.16. The molecular weight excluding hydrogens is 394 g/mol. The molecule has 0 bridgehead atoms. The molecule has 0 saturated carbocycles. The van der Waals surface area contributed by atoms with Gasteiger partial charge >= 0.3 is 5.97 Å². The number of likely N-dealkylation sites (N-methyl/N-ethyl adjacent to an activating group) is 1. The fourth-order valence-electron chi connectivity index (χ4n) is 4.16. The molecule has 30 heavy (non-hydrogen) atoms. The summed E-state index contributed by atoms with van der Waals surface area (Å²) in [4.78, 5) is 36.3. The Morgan fingerprint density at radius 1 is 1.23 bits per heavy atom. The highest BCUT2D eigenvalue weighted by Crippen LogP contribution is 2.46. The molecule has 3 aliphatic rings. The van der Waals surface area contributed by atoms with Gasteiger partial charge in [-0.1, -0.05) is 18.2 Å². The number of nitrogens with zero attached hydrogens (tertiary/aromatic N) is 4. The second kappa shape index (κ2) is 6.57. The van der Waals surface area contributed by atoms with Gasteiger partial charge in [-0.05, 0) is 12.1 Å². The molecule has 0 aromatic heterocycles. The second-order valence-corrected chi connectivity index (χ2v) is 7.61. The molecule has 4 rings (SSSR count). The molecule has 12 nitrogen and oxygen atoms in total. The minimum atomic E-state index is -2.70. The van der Waals surface area contributed by atoms with E-state index in [-0.39, 0.29) is 24.0 Å². The fraction of sp³-hybridized carbons (Fsp3) is 0.444. The SMILES string of the molecule is CN(C)C(=O)[C@@H]1N=C(N)N2C[C@H](OC(=O)c3ccccc3)C(O)(O)[C@@]23NC(N)=N[C@@H]13. The maximum atomic E-state index is 12.7. The molecule has 3 heterocycles. The first-order chi connectivity index (χ1) is 14.1. The predicted molar refractivity (Wildman–Crippen MR) is 105 cm³/mol. The van der Waals surface area contributed by atoms with Crippen LogP contribution in [0, 0.1) is 0 Å². The van der Waals surface area contributed by atoms with Crippen molar-refractivity contribution in [3.63, 3.8) is 0 Å². The lowest BCUT2D eigenvalue weighted by Crippen LogP contribution is -2.78. The lowest BCUT2D eigenvalue weighted by Gasteiger charge is -2.48. The summed E-state index contributed by atoms with van der Waals surface area (Å²) in [7, 11) is 3.07. The zero-order chi connectivity index (χ0) is 21.8. The minimum absolute atomic E-state index is 0.117. The minimum Gasteiger partial charge on any atom is -0.451 e. The molecule has 0 aliphatic carbocycles. The number of aliphatic hydroxyl groups is 2. The Balaban J connectivity index is 1.72. The summed E-state index contributed by atoms with van der Waals surface area (Å²) in [5, 5.41) is 25.1. The Kier molecular flexibility index (Phi) is 4.36. The molecular formula is C18H23N7O5. The highest BCUT2D eigenvalue weighted by molar-refractivity contribution is 5.94. The zero-order valence-electron chi connectivity index (χ0n) is 16.4. The Morgan fingerprint density at radius 2 is 1.90 bits per heavy atom. The quantitative estimate of drug-likeness (QED) is 0.253. The van der Waals surface area contributed by atoms with Gasteiger partial charge in [0.05, 0.1) is 12.1 Å². The summed E-state index contributed by atoms with van der Waals surface area (Å²) >= 11 is 0. The normalized spacial score (nSPS) is 31.1. The number of carbonyl (C=O) groups excluding carboxylic acids is 2. The van der Waals surface area contributed by atoms with Crippen LogP contribution in [0.25, 0.3) is 0 Å². The monoisotopic (exact) mass is 417 g/mol. The van der Waals surface area contributed by atoms with E-state index in [9.17, 15) is 19.8 Å². The molecule has 1 amide bonds. The van der Waals surface area contributed by atoms with Gasteiger partial charge in [-0.3, -0.25) is 4.79 Å². The van der Waals surface area contributed by atoms with E-state index >= 15 is 0 Å². The summed E-state index contributed by atoms with van der Waals surface area (Å²) in [6.07, 6.45) is -1.43. The number of esters is 1. The number of benzene rings is 1. The van der Waals surface area contributed by atoms with Crippen LogP contribution >= 0.6 is 0 Å². The molecule has 1 aromatic carbocycles. The second-order valence-electron chi connectivity index (χ2n) is 7.61. The number of rotatable bonds is 3. The average molecular weight is 417 g/mol. The standard InChI is InChI=1S/C18H23N7O5/c1-24(2)13(26)11-12-17(23-15(19)22-12)18(28,29)10(8-25(17)16(20)21-11)30-14(27)9-6-4-3-5-7-9/h3-7,10-12,28-29H,8H2,1-2H3,(H2,20,21)(H3,19,22,23)/t10-,11+,12-,17-/m0/s1. The Labute approximate surface area is 171 Å². The molecule has 3 aliphatic heterocycles. The van der Waals surface area contributed by atoms with Gasteiger partial charge < -0.3 is 41.5 Å². The highest BCUT2D eigenvalue weighted by Gasteiger charge is 2.75. The lowest BCUT2D eigenvalue weighted by molar-refractivity contribution is -0.256. The van der Waals surface area contributed by atoms with Crippen molar-refractivity contribution < 1.29 is 24.5 Å². The highest BCUT2D eigenvalue weighted by atomic mass is 16.6. The number of nitrogens with two attached hydrogens (primary N) is 2. The third kappa shape index (κ3) is 2.60. The van der Waals surface area contributed by atoms with Crippen LogP contribution in [0.4, 0.5) is 0 Å². The molecule has 1 spiro atoms. The van der Waals surface area contributed by atoms with Crippen molar-refractivity contribution in [2.75, 3.05) is 20.6 Å². The van der Waals surface area contributed by atoms with Crippen molar-refractivity contribution in [2.24, 2.45) is 21.5 Å². The van der Waals surface area contributed by atoms with Gasteiger partial charge in [0.1, 0.15) is 6.04 Å². The largest absolute Gasteiger partial charge is 0.451 e. The molecule has 0 unspecified atom stereocenters. The van der Waals surface area contributed by atoms with E-state index in [1.807, 2.05) is 0 Å². The molecule has 160 valence electrons. The first kappa shape index (κ1) is 19.9. The Morgan fingerprint density at radius 3 is 2.53 bits per heavy atom. The zero-order valence-corrected chi connectivity index (χ0v) is 16.4. The molecule has 7 N–H and O–H groups in total. The number of guanidine groups is 2. The first-order valence-corrected chi connectivity index (χ1v) is 9.24. The number of hydrogen-bond acceptors (Lipinski definition) is 11. The van der Waals surface area contributed by atoms with Crippen LogP contribution in [-0.4, -0.2) is 94.1 Å². The number of ether oxygens (including phenoxy) is 1. The number of nitrogens with one attached hydrogen (secondary N) is 1. The topological polar surface area (TPSA) is 179 Å². The van der Waals surface area contributed by atoms with Gasteiger partial charge in [0, 0.05) is 14.1 Å². The number of amides is 1. The third-order valence-electron chi connectivity index (χ3n) is 5.61. The summed E-state index contributed by atoms with van der Waals surface area (Å²) in [5.41, 5.74) is 10.3. The van der Waals surface area contributed by atoms with Crippen LogP contribution in [-0.2, 0) is 9.53 Å².